The molecule has 2 rings (SSSR count). The van der Waals surface area contributed by atoms with Gasteiger partial charge in [-0.25, -0.2) is 0 Å². The molecule has 2 atom stereocenters. The van der Waals surface area contributed by atoms with Gasteiger partial charge >= 0.3 is 0 Å². The fourth-order valence-corrected chi connectivity index (χ4v) is 2.46. The molecule has 0 amide bonds. The van der Waals surface area contributed by atoms with E-state index in [-0.39, 0.29) is 0 Å². The Kier molecular flexibility index (Phi) is 3.42. The van der Waals surface area contributed by atoms with E-state index in [0.29, 0.717) is 0 Å². The fourth-order valence-electron chi connectivity index (χ4n) is 2.46. The molecule has 0 radical (unpaired) electrons. The quantitative estimate of drug-likeness (QED) is 0.713. The summed E-state index contributed by atoms with van der Waals surface area (Å²) in [4.78, 5) is 2.61. The van der Waals surface area contributed by atoms with Crippen LogP contribution in [0.3, 0.4) is 0 Å². The van der Waals surface area contributed by atoms with E-state index < -0.39 is 0 Å². The first-order valence-electron chi connectivity index (χ1n) is 6.05. The van der Waals surface area contributed by atoms with Crippen LogP contribution in [-0.2, 0) is 6.54 Å². The van der Waals surface area contributed by atoms with Crippen molar-refractivity contribution in [3.63, 3.8) is 0 Å². The summed E-state index contributed by atoms with van der Waals surface area (Å²) in [5.74, 6) is 0.850. The average molecular weight is 203 g/mol. The Bertz CT molecular complexity index is 293. The SMILES string of the molecule is C[C@@H]1CCCN(Cc2ccccc2)[C@H]1C. The maximum atomic E-state index is 2.61. The van der Waals surface area contributed by atoms with Crippen molar-refractivity contribution in [2.45, 2.75) is 39.3 Å². The number of benzene rings is 1. The van der Waals surface area contributed by atoms with E-state index >= 15 is 0 Å². The van der Waals surface area contributed by atoms with E-state index in [0.717, 1.165) is 18.5 Å². The summed E-state index contributed by atoms with van der Waals surface area (Å²) < 4.78 is 0. The molecule has 0 bridgehead atoms. The summed E-state index contributed by atoms with van der Waals surface area (Å²) >= 11 is 0. The molecule has 1 heteroatoms. The lowest BCUT2D eigenvalue weighted by molar-refractivity contribution is 0.106. The highest BCUT2D eigenvalue weighted by molar-refractivity contribution is 5.14. The lowest BCUT2D eigenvalue weighted by Gasteiger charge is -2.37. The lowest BCUT2D eigenvalue weighted by Crippen LogP contribution is -2.41. The van der Waals surface area contributed by atoms with E-state index in [1.807, 2.05) is 0 Å². The molecule has 0 N–H and O–H groups in total. The van der Waals surface area contributed by atoms with Crippen molar-refractivity contribution in [2.75, 3.05) is 6.54 Å². The second-order valence-corrected chi connectivity index (χ2v) is 4.82. The molecule has 1 aromatic rings. The van der Waals surface area contributed by atoms with Gasteiger partial charge in [0.2, 0.25) is 0 Å². The largest absolute Gasteiger partial charge is 0.296 e. The number of hydrogen-bond donors (Lipinski definition) is 0. The number of nitrogens with zero attached hydrogens (tertiary/aromatic N) is 1. The van der Waals surface area contributed by atoms with Crippen molar-refractivity contribution >= 4 is 0 Å². The van der Waals surface area contributed by atoms with Crippen LogP contribution in [0.5, 0.6) is 0 Å². The third-order valence-corrected chi connectivity index (χ3v) is 3.73. The monoisotopic (exact) mass is 203 g/mol. The predicted molar refractivity (Wildman–Crippen MR) is 64.7 cm³/mol. The predicted octanol–water partition coefficient (Wildman–Crippen LogP) is 3.31. The molecular formula is C14H21N. The number of hydrogen-bond acceptors (Lipinski definition) is 1. The number of rotatable bonds is 2. The van der Waals surface area contributed by atoms with Crippen molar-refractivity contribution in [2.24, 2.45) is 5.92 Å². The molecule has 1 aliphatic rings. The molecule has 0 aliphatic carbocycles. The Labute approximate surface area is 93.1 Å². The van der Waals surface area contributed by atoms with Gasteiger partial charge in [-0.05, 0) is 37.8 Å². The van der Waals surface area contributed by atoms with E-state index in [2.05, 4.69) is 49.1 Å². The Morgan fingerprint density at radius 1 is 1.20 bits per heavy atom. The smallest absolute Gasteiger partial charge is 0.0236 e. The average Bonchev–Trinajstić information content (AvgIpc) is 2.26. The normalized spacial score (nSPS) is 27.9. The fraction of sp³-hybridized carbons (Fsp3) is 0.571. The first kappa shape index (κ1) is 10.7. The van der Waals surface area contributed by atoms with E-state index in [4.69, 9.17) is 0 Å². The third-order valence-electron chi connectivity index (χ3n) is 3.73. The van der Waals surface area contributed by atoms with Crippen LogP contribution < -0.4 is 0 Å². The van der Waals surface area contributed by atoms with Crippen molar-refractivity contribution < 1.29 is 0 Å². The van der Waals surface area contributed by atoms with Gasteiger partial charge in [0.05, 0.1) is 0 Å². The molecule has 0 saturated carbocycles. The van der Waals surface area contributed by atoms with Crippen LogP contribution in [0.15, 0.2) is 30.3 Å². The van der Waals surface area contributed by atoms with Crippen LogP contribution >= 0.6 is 0 Å². The second-order valence-electron chi connectivity index (χ2n) is 4.82. The van der Waals surface area contributed by atoms with Gasteiger partial charge in [0.1, 0.15) is 0 Å². The molecule has 82 valence electrons. The Morgan fingerprint density at radius 3 is 2.67 bits per heavy atom. The third kappa shape index (κ3) is 2.60. The van der Waals surface area contributed by atoms with Gasteiger partial charge in [-0.2, -0.15) is 0 Å². The van der Waals surface area contributed by atoms with Crippen LogP contribution in [0, 0.1) is 5.92 Å². The van der Waals surface area contributed by atoms with Gasteiger partial charge in [0, 0.05) is 12.6 Å². The molecule has 0 unspecified atom stereocenters. The maximum Gasteiger partial charge on any atom is 0.0236 e. The van der Waals surface area contributed by atoms with Crippen LogP contribution in [-0.4, -0.2) is 17.5 Å². The highest BCUT2D eigenvalue weighted by Gasteiger charge is 2.24. The zero-order valence-electron chi connectivity index (χ0n) is 9.82. The van der Waals surface area contributed by atoms with Crippen LogP contribution in [0.4, 0.5) is 0 Å². The summed E-state index contributed by atoms with van der Waals surface area (Å²) in [5.41, 5.74) is 1.44. The highest BCUT2D eigenvalue weighted by Crippen LogP contribution is 2.24. The molecular weight excluding hydrogens is 182 g/mol. The van der Waals surface area contributed by atoms with Gasteiger partial charge in [-0.1, -0.05) is 37.3 Å². The summed E-state index contributed by atoms with van der Waals surface area (Å²) in [5, 5.41) is 0. The minimum atomic E-state index is 0.735. The van der Waals surface area contributed by atoms with Gasteiger partial charge in [0.15, 0.2) is 0 Å². The molecule has 15 heavy (non-hydrogen) atoms. The summed E-state index contributed by atoms with van der Waals surface area (Å²) in [6, 6.07) is 11.5. The lowest BCUT2D eigenvalue weighted by atomic mass is 9.92. The Hall–Kier alpha value is -0.820. The summed E-state index contributed by atoms with van der Waals surface area (Å²) in [7, 11) is 0. The highest BCUT2D eigenvalue weighted by atomic mass is 15.2. The minimum Gasteiger partial charge on any atom is -0.296 e. The van der Waals surface area contributed by atoms with Gasteiger partial charge < -0.3 is 0 Å². The van der Waals surface area contributed by atoms with Gasteiger partial charge in [0.25, 0.3) is 0 Å². The van der Waals surface area contributed by atoms with Crippen LogP contribution in [0.2, 0.25) is 0 Å². The maximum absolute atomic E-state index is 2.61. The number of piperidine rings is 1. The zero-order valence-corrected chi connectivity index (χ0v) is 9.82. The van der Waals surface area contributed by atoms with Crippen molar-refractivity contribution in [3.8, 4) is 0 Å². The van der Waals surface area contributed by atoms with E-state index in [9.17, 15) is 0 Å². The minimum absolute atomic E-state index is 0.735. The molecule has 1 aliphatic heterocycles. The first-order chi connectivity index (χ1) is 7.27. The standard InChI is InChI=1S/C14H21N/c1-12-7-6-10-15(13(12)2)11-14-8-4-3-5-9-14/h3-5,8-9,12-13H,6-7,10-11H2,1-2H3/t12-,13+/m1/s1. The Morgan fingerprint density at radius 2 is 1.93 bits per heavy atom. The molecule has 1 heterocycles. The van der Waals surface area contributed by atoms with Crippen molar-refractivity contribution in [3.05, 3.63) is 35.9 Å². The van der Waals surface area contributed by atoms with Crippen LogP contribution in [0.1, 0.15) is 32.3 Å². The molecule has 0 spiro atoms. The second kappa shape index (κ2) is 4.80. The molecule has 1 nitrogen and oxygen atoms in total. The molecule has 1 saturated heterocycles. The van der Waals surface area contributed by atoms with Crippen LogP contribution in [0.25, 0.3) is 0 Å². The summed E-state index contributed by atoms with van der Waals surface area (Å²) in [6.45, 7) is 7.13. The van der Waals surface area contributed by atoms with Gasteiger partial charge in [-0.15, -0.1) is 0 Å². The van der Waals surface area contributed by atoms with Crippen molar-refractivity contribution in [1.29, 1.82) is 0 Å². The van der Waals surface area contributed by atoms with Crippen molar-refractivity contribution in [1.82, 2.24) is 4.90 Å². The summed E-state index contributed by atoms with van der Waals surface area (Å²) in [6.07, 6.45) is 2.75. The topological polar surface area (TPSA) is 3.24 Å². The molecule has 0 aromatic heterocycles. The van der Waals surface area contributed by atoms with E-state index in [1.165, 1.54) is 24.9 Å². The van der Waals surface area contributed by atoms with E-state index in [1.54, 1.807) is 0 Å². The molecule has 1 aromatic carbocycles. The Balaban J connectivity index is 1.99. The number of likely N-dealkylation sites (tertiary alicyclic amines) is 1. The van der Waals surface area contributed by atoms with Gasteiger partial charge in [-0.3, -0.25) is 4.90 Å². The zero-order chi connectivity index (χ0) is 10.7. The first-order valence-corrected chi connectivity index (χ1v) is 6.05. The molecule has 1 fully saturated rings.